The molecule has 0 unspecified atom stereocenters. The summed E-state index contributed by atoms with van der Waals surface area (Å²) in [6.45, 7) is 4.29. The van der Waals surface area contributed by atoms with E-state index in [-0.39, 0.29) is 12.7 Å². The Labute approximate surface area is 140 Å². The highest BCUT2D eigenvalue weighted by Gasteiger charge is 2.30. The number of fused-ring (bicyclic) bond motifs is 1. The smallest absolute Gasteiger partial charge is 0.250 e. The highest BCUT2D eigenvalue weighted by atomic mass is 16.7. The molecule has 0 radical (unpaired) electrons. The van der Waals surface area contributed by atoms with Crippen LogP contribution in [0.5, 0.6) is 11.5 Å². The Kier molecular flexibility index (Phi) is 3.52. The number of aryl methyl sites for hydroxylation is 1. The SMILES string of the molecule is C=CC(=O)N(Cc1c(C2CC2)cnn1C)c1ccc2c(c1)OCO2. The normalized spacial score (nSPS) is 15.4. The maximum Gasteiger partial charge on any atom is 0.250 e. The number of amides is 1. The summed E-state index contributed by atoms with van der Waals surface area (Å²) in [6, 6.07) is 5.52. The average Bonchev–Trinajstić information content (AvgIpc) is 3.22. The summed E-state index contributed by atoms with van der Waals surface area (Å²) in [6.07, 6.45) is 5.64. The van der Waals surface area contributed by atoms with E-state index in [1.165, 1.54) is 24.5 Å². The van der Waals surface area contributed by atoms with E-state index in [1.807, 2.05) is 36.1 Å². The lowest BCUT2D eigenvalue weighted by Crippen LogP contribution is -2.30. The van der Waals surface area contributed by atoms with Gasteiger partial charge < -0.3 is 14.4 Å². The lowest BCUT2D eigenvalue weighted by Gasteiger charge is -2.22. The van der Waals surface area contributed by atoms with Crippen molar-refractivity contribution >= 4 is 11.6 Å². The van der Waals surface area contributed by atoms with Gasteiger partial charge in [-0.3, -0.25) is 9.48 Å². The van der Waals surface area contributed by atoms with Crippen LogP contribution in [0.3, 0.4) is 0 Å². The predicted octanol–water partition coefficient (Wildman–Crippen LogP) is 2.75. The van der Waals surface area contributed by atoms with Crippen LogP contribution >= 0.6 is 0 Å². The van der Waals surface area contributed by atoms with Gasteiger partial charge in [0.25, 0.3) is 5.91 Å². The fourth-order valence-electron chi connectivity index (χ4n) is 3.02. The molecular weight excluding hydrogens is 306 g/mol. The topological polar surface area (TPSA) is 56.6 Å². The van der Waals surface area contributed by atoms with Crippen molar-refractivity contribution in [2.45, 2.75) is 25.3 Å². The summed E-state index contributed by atoms with van der Waals surface area (Å²) < 4.78 is 12.6. The highest BCUT2D eigenvalue weighted by Crippen LogP contribution is 2.42. The van der Waals surface area contributed by atoms with Crippen LogP contribution in [0.1, 0.15) is 30.0 Å². The summed E-state index contributed by atoms with van der Waals surface area (Å²) in [5.74, 6) is 1.77. The molecular formula is C18H19N3O3. The van der Waals surface area contributed by atoms with Crippen LogP contribution in [0.4, 0.5) is 5.69 Å². The van der Waals surface area contributed by atoms with E-state index in [2.05, 4.69) is 11.7 Å². The molecule has 1 saturated carbocycles. The molecule has 0 spiro atoms. The second-order valence-corrected chi connectivity index (χ2v) is 6.11. The van der Waals surface area contributed by atoms with Gasteiger partial charge in [0.2, 0.25) is 6.79 Å². The first-order valence-electron chi connectivity index (χ1n) is 8.01. The highest BCUT2D eigenvalue weighted by molar-refractivity contribution is 6.01. The molecule has 2 aromatic rings. The van der Waals surface area contributed by atoms with Gasteiger partial charge in [-0.2, -0.15) is 5.10 Å². The molecule has 1 aromatic heterocycles. The van der Waals surface area contributed by atoms with Crippen LogP contribution in [-0.4, -0.2) is 22.5 Å². The summed E-state index contributed by atoms with van der Waals surface area (Å²) in [5, 5.41) is 4.38. The first-order valence-corrected chi connectivity index (χ1v) is 8.01. The number of nitrogens with zero attached hydrogens (tertiary/aromatic N) is 3. The molecule has 6 nitrogen and oxygen atoms in total. The number of aromatic nitrogens is 2. The van der Waals surface area contributed by atoms with Crippen molar-refractivity contribution in [3.8, 4) is 11.5 Å². The second kappa shape index (κ2) is 5.70. The lowest BCUT2D eigenvalue weighted by atomic mass is 10.1. The number of anilines is 1. The minimum atomic E-state index is -0.156. The number of carbonyl (C=O) groups is 1. The molecule has 0 saturated heterocycles. The third-order valence-electron chi connectivity index (χ3n) is 4.53. The van der Waals surface area contributed by atoms with Gasteiger partial charge in [0.05, 0.1) is 18.4 Å². The van der Waals surface area contributed by atoms with Crippen molar-refractivity contribution in [3.63, 3.8) is 0 Å². The van der Waals surface area contributed by atoms with E-state index in [0.717, 1.165) is 11.4 Å². The fraction of sp³-hybridized carbons (Fsp3) is 0.333. The fourth-order valence-corrected chi connectivity index (χ4v) is 3.02. The summed E-state index contributed by atoms with van der Waals surface area (Å²) in [4.78, 5) is 14.1. The van der Waals surface area contributed by atoms with Gasteiger partial charge in [-0.15, -0.1) is 0 Å². The number of rotatable bonds is 5. The zero-order chi connectivity index (χ0) is 16.7. The van der Waals surface area contributed by atoms with E-state index >= 15 is 0 Å². The Morgan fingerprint density at radius 2 is 2.21 bits per heavy atom. The Balaban J connectivity index is 1.69. The number of hydrogen-bond donors (Lipinski definition) is 0. The van der Waals surface area contributed by atoms with Crippen LogP contribution in [0.2, 0.25) is 0 Å². The van der Waals surface area contributed by atoms with Crippen molar-refractivity contribution in [2.24, 2.45) is 7.05 Å². The largest absolute Gasteiger partial charge is 0.454 e. The quantitative estimate of drug-likeness (QED) is 0.793. The van der Waals surface area contributed by atoms with Crippen molar-refractivity contribution in [3.05, 3.63) is 48.3 Å². The molecule has 1 aliphatic carbocycles. The first-order chi connectivity index (χ1) is 11.7. The van der Waals surface area contributed by atoms with E-state index in [0.29, 0.717) is 24.0 Å². The molecule has 124 valence electrons. The molecule has 1 fully saturated rings. The molecule has 6 heteroatoms. The number of ether oxygens (including phenoxy) is 2. The summed E-state index contributed by atoms with van der Waals surface area (Å²) in [7, 11) is 1.91. The van der Waals surface area contributed by atoms with Crippen LogP contribution in [0.25, 0.3) is 0 Å². The Morgan fingerprint density at radius 3 is 2.96 bits per heavy atom. The molecule has 0 bridgehead atoms. The van der Waals surface area contributed by atoms with E-state index in [4.69, 9.17) is 9.47 Å². The zero-order valence-electron chi connectivity index (χ0n) is 13.6. The second-order valence-electron chi connectivity index (χ2n) is 6.11. The molecule has 2 aliphatic rings. The van der Waals surface area contributed by atoms with Gasteiger partial charge >= 0.3 is 0 Å². The maximum absolute atomic E-state index is 12.5. The molecule has 0 N–H and O–H groups in total. The standard InChI is InChI=1S/C18H19N3O3/c1-3-18(22)21(13-6-7-16-17(8-13)24-11-23-16)10-15-14(12-4-5-12)9-19-20(15)2/h3,6-9,12H,1,4-5,10-11H2,2H3. The third-order valence-corrected chi connectivity index (χ3v) is 4.53. The molecule has 24 heavy (non-hydrogen) atoms. The van der Waals surface area contributed by atoms with E-state index in [1.54, 1.807) is 4.90 Å². The van der Waals surface area contributed by atoms with Gasteiger partial charge in [0.1, 0.15) is 0 Å². The number of hydrogen-bond acceptors (Lipinski definition) is 4. The molecule has 0 atom stereocenters. The summed E-state index contributed by atoms with van der Waals surface area (Å²) >= 11 is 0. The molecule has 2 heterocycles. The molecule has 1 aliphatic heterocycles. The van der Waals surface area contributed by atoms with Crippen molar-refractivity contribution in [2.75, 3.05) is 11.7 Å². The van der Waals surface area contributed by atoms with Crippen molar-refractivity contribution in [1.29, 1.82) is 0 Å². The van der Waals surface area contributed by atoms with Crippen LogP contribution in [0.15, 0.2) is 37.1 Å². The van der Waals surface area contributed by atoms with Gasteiger partial charge in [-0.25, -0.2) is 0 Å². The van der Waals surface area contributed by atoms with Crippen LogP contribution in [-0.2, 0) is 18.4 Å². The third kappa shape index (κ3) is 2.54. The molecule has 1 aromatic carbocycles. The number of carbonyl (C=O) groups excluding carboxylic acids is 1. The van der Waals surface area contributed by atoms with Gasteiger partial charge in [0, 0.05) is 18.8 Å². The minimum Gasteiger partial charge on any atom is -0.454 e. The Morgan fingerprint density at radius 1 is 1.42 bits per heavy atom. The minimum absolute atomic E-state index is 0.156. The monoisotopic (exact) mass is 325 g/mol. The van der Waals surface area contributed by atoms with E-state index < -0.39 is 0 Å². The summed E-state index contributed by atoms with van der Waals surface area (Å²) in [5.41, 5.74) is 3.05. The lowest BCUT2D eigenvalue weighted by molar-refractivity contribution is -0.114. The van der Waals surface area contributed by atoms with E-state index in [9.17, 15) is 4.79 Å². The van der Waals surface area contributed by atoms with Gasteiger partial charge in [0.15, 0.2) is 11.5 Å². The van der Waals surface area contributed by atoms with Gasteiger partial charge in [-0.1, -0.05) is 6.58 Å². The average molecular weight is 325 g/mol. The maximum atomic E-state index is 12.5. The predicted molar refractivity (Wildman–Crippen MR) is 89.1 cm³/mol. The first kappa shape index (κ1) is 14.8. The van der Waals surface area contributed by atoms with Gasteiger partial charge in [-0.05, 0) is 42.5 Å². The Hall–Kier alpha value is -2.76. The van der Waals surface area contributed by atoms with Crippen molar-refractivity contribution < 1.29 is 14.3 Å². The van der Waals surface area contributed by atoms with Crippen molar-refractivity contribution in [1.82, 2.24) is 9.78 Å². The Bertz CT molecular complexity index is 808. The number of benzene rings is 1. The zero-order valence-corrected chi connectivity index (χ0v) is 13.6. The van der Waals surface area contributed by atoms with Crippen LogP contribution < -0.4 is 14.4 Å². The molecule has 1 amide bonds. The molecule has 4 rings (SSSR count). The van der Waals surface area contributed by atoms with Crippen LogP contribution in [0, 0.1) is 0 Å².